The average Bonchev–Trinajstić information content (AvgIpc) is 3.14. The van der Waals surface area contributed by atoms with Crippen molar-refractivity contribution in [3.63, 3.8) is 0 Å². The summed E-state index contributed by atoms with van der Waals surface area (Å²) in [5.41, 5.74) is 2.10. The van der Waals surface area contributed by atoms with Gasteiger partial charge in [0.05, 0.1) is 37.7 Å². The third-order valence-corrected chi connectivity index (χ3v) is 4.01. The highest BCUT2D eigenvalue weighted by Crippen LogP contribution is 2.16. The Morgan fingerprint density at radius 3 is 2.66 bits per heavy atom. The van der Waals surface area contributed by atoms with E-state index in [0.717, 1.165) is 29.6 Å². The van der Waals surface area contributed by atoms with Gasteiger partial charge in [0.25, 0.3) is 0 Å². The first-order valence-electron chi connectivity index (χ1n) is 9.84. The fourth-order valence-electron chi connectivity index (χ4n) is 2.66. The van der Waals surface area contributed by atoms with Gasteiger partial charge in [-0.25, -0.2) is 4.98 Å². The molecule has 2 rings (SSSR count). The Morgan fingerprint density at radius 1 is 1.28 bits per heavy atom. The number of halogens is 1. The van der Waals surface area contributed by atoms with Gasteiger partial charge in [-0.3, -0.25) is 4.99 Å². The molecule has 1 unspecified atom stereocenters. The molecule has 0 fully saturated rings. The van der Waals surface area contributed by atoms with Gasteiger partial charge in [-0.2, -0.15) is 0 Å². The average molecular weight is 515 g/mol. The fraction of sp³-hybridized carbons (Fsp3) is 0.524. The highest BCUT2D eigenvalue weighted by atomic mass is 127. The van der Waals surface area contributed by atoms with Crippen LogP contribution < -0.4 is 5.32 Å². The Balaban J connectivity index is 0.00000420. The molecule has 0 radical (unpaired) electrons. The van der Waals surface area contributed by atoms with Crippen LogP contribution in [0.4, 0.5) is 0 Å². The van der Waals surface area contributed by atoms with E-state index in [1.807, 2.05) is 43.3 Å². The maximum atomic E-state index is 10.1. The van der Waals surface area contributed by atoms with Gasteiger partial charge in [0.15, 0.2) is 5.96 Å². The third kappa shape index (κ3) is 9.14. The Labute approximate surface area is 191 Å². The van der Waals surface area contributed by atoms with Gasteiger partial charge in [-0.1, -0.05) is 44.2 Å². The van der Waals surface area contributed by atoms with Gasteiger partial charge in [-0.15, -0.1) is 24.0 Å². The molecule has 0 saturated carbocycles. The van der Waals surface area contributed by atoms with Crippen molar-refractivity contribution < 1.29 is 9.84 Å². The summed E-state index contributed by atoms with van der Waals surface area (Å²) in [6, 6.07) is 10.1. The van der Waals surface area contributed by atoms with Crippen molar-refractivity contribution in [2.45, 2.75) is 33.4 Å². The van der Waals surface area contributed by atoms with E-state index < -0.39 is 6.10 Å². The van der Waals surface area contributed by atoms with Crippen LogP contribution in [-0.2, 0) is 11.3 Å². The summed E-state index contributed by atoms with van der Waals surface area (Å²) in [5.74, 6) is 2.03. The first-order valence-corrected chi connectivity index (χ1v) is 9.84. The van der Waals surface area contributed by atoms with Crippen LogP contribution in [0.5, 0.6) is 0 Å². The SMILES string of the molecule is CCNC(=NCC(O)COCC(C)C)N(C)Cc1ncc(-c2ccccc2)[nH]1.I. The zero-order valence-electron chi connectivity index (χ0n) is 17.8. The Kier molecular flexibility index (Phi) is 11.9. The molecule has 2 aromatic rings. The van der Waals surface area contributed by atoms with Crippen LogP contribution >= 0.6 is 24.0 Å². The van der Waals surface area contributed by atoms with Crippen LogP contribution in [0.1, 0.15) is 26.6 Å². The summed E-state index contributed by atoms with van der Waals surface area (Å²) in [4.78, 5) is 14.4. The van der Waals surface area contributed by atoms with Crippen molar-refractivity contribution in [2.75, 3.05) is 33.4 Å². The first kappa shape index (κ1) is 25.4. The second kappa shape index (κ2) is 13.6. The number of hydrogen-bond donors (Lipinski definition) is 3. The summed E-state index contributed by atoms with van der Waals surface area (Å²) in [5, 5.41) is 13.3. The van der Waals surface area contributed by atoms with Crippen molar-refractivity contribution in [3.8, 4) is 11.3 Å². The molecule has 0 saturated heterocycles. The van der Waals surface area contributed by atoms with E-state index >= 15 is 0 Å². The van der Waals surface area contributed by atoms with Crippen molar-refractivity contribution in [3.05, 3.63) is 42.4 Å². The van der Waals surface area contributed by atoms with E-state index in [1.165, 1.54) is 0 Å². The van der Waals surface area contributed by atoms with Crippen LogP contribution in [0.25, 0.3) is 11.3 Å². The van der Waals surface area contributed by atoms with Gasteiger partial charge in [-0.05, 0) is 18.4 Å². The van der Waals surface area contributed by atoms with Crippen LogP contribution in [-0.4, -0.2) is 65.4 Å². The number of guanidine groups is 1. The Hall–Kier alpha value is -1.65. The summed E-state index contributed by atoms with van der Waals surface area (Å²) < 4.78 is 5.48. The van der Waals surface area contributed by atoms with Crippen LogP contribution in [0, 0.1) is 5.92 Å². The van der Waals surface area contributed by atoms with Crippen molar-refractivity contribution in [1.29, 1.82) is 0 Å². The lowest BCUT2D eigenvalue weighted by atomic mass is 10.2. The predicted molar refractivity (Wildman–Crippen MR) is 129 cm³/mol. The lowest BCUT2D eigenvalue weighted by Gasteiger charge is -2.21. The van der Waals surface area contributed by atoms with E-state index in [1.54, 1.807) is 0 Å². The largest absolute Gasteiger partial charge is 0.389 e. The van der Waals surface area contributed by atoms with E-state index in [2.05, 4.69) is 46.3 Å². The highest BCUT2D eigenvalue weighted by Gasteiger charge is 2.11. The Morgan fingerprint density at radius 2 is 2.00 bits per heavy atom. The molecule has 162 valence electrons. The summed E-state index contributed by atoms with van der Waals surface area (Å²) in [7, 11) is 1.95. The van der Waals surface area contributed by atoms with Crippen LogP contribution in [0.3, 0.4) is 0 Å². The zero-order chi connectivity index (χ0) is 20.4. The van der Waals surface area contributed by atoms with Gasteiger partial charge in [0, 0.05) is 20.2 Å². The van der Waals surface area contributed by atoms with Gasteiger partial charge in [0.1, 0.15) is 5.82 Å². The minimum atomic E-state index is -0.617. The zero-order valence-corrected chi connectivity index (χ0v) is 20.1. The lowest BCUT2D eigenvalue weighted by molar-refractivity contribution is 0.0300. The number of aromatic amines is 1. The number of rotatable bonds is 10. The minimum Gasteiger partial charge on any atom is -0.389 e. The minimum absolute atomic E-state index is 0. The molecular formula is C21H34IN5O2. The number of H-pyrrole nitrogens is 1. The number of nitrogens with one attached hydrogen (secondary N) is 2. The number of aliphatic hydroxyl groups excluding tert-OH is 1. The molecule has 8 heteroatoms. The van der Waals surface area contributed by atoms with Crippen LogP contribution in [0.15, 0.2) is 41.5 Å². The van der Waals surface area contributed by atoms with Crippen molar-refractivity contribution in [1.82, 2.24) is 20.2 Å². The normalized spacial score (nSPS) is 12.6. The maximum Gasteiger partial charge on any atom is 0.194 e. The van der Waals surface area contributed by atoms with E-state index in [9.17, 15) is 5.11 Å². The van der Waals surface area contributed by atoms with Crippen molar-refractivity contribution >= 4 is 29.9 Å². The number of aliphatic hydroxyl groups is 1. The number of aliphatic imine (C=N–C) groups is 1. The molecular weight excluding hydrogens is 481 g/mol. The molecule has 29 heavy (non-hydrogen) atoms. The van der Waals surface area contributed by atoms with Gasteiger partial charge in [0.2, 0.25) is 0 Å². The summed E-state index contributed by atoms with van der Waals surface area (Å²) in [6.45, 7) is 8.74. The molecule has 0 aliphatic rings. The summed E-state index contributed by atoms with van der Waals surface area (Å²) in [6.07, 6.45) is 1.23. The first-order chi connectivity index (χ1) is 13.5. The molecule has 0 aliphatic heterocycles. The topological polar surface area (TPSA) is 85.8 Å². The smallest absolute Gasteiger partial charge is 0.194 e. The highest BCUT2D eigenvalue weighted by molar-refractivity contribution is 14.0. The Bertz CT molecular complexity index is 721. The molecule has 1 heterocycles. The number of benzene rings is 1. The molecule has 7 nitrogen and oxygen atoms in total. The molecule has 0 bridgehead atoms. The maximum absolute atomic E-state index is 10.1. The predicted octanol–water partition coefficient (Wildman–Crippen LogP) is 3.13. The monoisotopic (exact) mass is 515 g/mol. The molecule has 0 spiro atoms. The second-order valence-corrected chi connectivity index (χ2v) is 7.25. The molecule has 1 aromatic carbocycles. The number of aromatic nitrogens is 2. The lowest BCUT2D eigenvalue weighted by Crippen LogP contribution is -2.39. The van der Waals surface area contributed by atoms with Gasteiger partial charge >= 0.3 is 0 Å². The third-order valence-electron chi connectivity index (χ3n) is 4.01. The van der Waals surface area contributed by atoms with Crippen LogP contribution in [0.2, 0.25) is 0 Å². The molecule has 3 N–H and O–H groups in total. The molecule has 0 aliphatic carbocycles. The molecule has 0 amide bonds. The quantitative estimate of drug-likeness (QED) is 0.257. The fourth-order valence-corrected chi connectivity index (χ4v) is 2.66. The number of ether oxygens (including phenoxy) is 1. The molecule has 1 aromatic heterocycles. The van der Waals surface area contributed by atoms with E-state index in [4.69, 9.17) is 4.74 Å². The number of hydrogen-bond acceptors (Lipinski definition) is 4. The van der Waals surface area contributed by atoms with Gasteiger partial charge < -0.3 is 25.0 Å². The van der Waals surface area contributed by atoms with Crippen molar-refractivity contribution in [2.24, 2.45) is 10.9 Å². The molecule has 1 atom stereocenters. The van der Waals surface area contributed by atoms with E-state index in [-0.39, 0.29) is 30.5 Å². The summed E-state index contributed by atoms with van der Waals surface area (Å²) >= 11 is 0. The number of imidazole rings is 1. The number of nitrogens with zero attached hydrogens (tertiary/aromatic N) is 3. The van der Waals surface area contributed by atoms with E-state index in [0.29, 0.717) is 25.7 Å². The standard InChI is InChI=1S/C21H33N5O2.HI/c1-5-22-21(24-11-18(27)15-28-14-16(2)3)26(4)13-20-23-12-19(25-20)17-9-7-6-8-10-17;/h6-10,12,16,18,27H,5,11,13-15H2,1-4H3,(H,22,24)(H,23,25);1H. The second-order valence-electron chi connectivity index (χ2n) is 7.25.